The third-order valence-corrected chi connectivity index (χ3v) is 2.39. The van der Waals surface area contributed by atoms with Gasteiger partial charge in [0.15, 0.2) is 0 Å². The van der Waals surface area contributed by atoms with Crippen molar-refractivity contribution in [1.82, 2.24) is 4.98 Å². The maximum absolute atomic E-state index is 10.6. The second kappa shape index (κ2) is 3.74. The molecule has 1 heterocycles. The van der Waals surface area contributed by atoms with Crippen molar-refractivity contribution in [2.45, 2.75) is 12.5 Å². The van der Waals surface area contributed by atoms with E-state index in [0.29, 0.717) is 6.42 Å². The van der Waals surface area contributed by atoms with Crippen LogP contribution in [0.2, 0.25) is 0 Å². The molecule has 0 unspecified atom stereocenters. The van der Waals surface area contributed by atoms with Crippen LogP contribution >= 0.6 is 0 Å². The topological polar surface area (TPSA) is 79.1 Å². The zero-order valence-electron chi connectivity index (χ0n) is 8.10. The molecule has 2 aromatic rings. The molecule has 15 heavy (non-hydrogen) atoms. The lowest BCUT2D eigenvalue weighted by molar-refractivity contribution is -0.138. The molecule has 4 N–H and O–H groups in total. The molecule has 0 amide bonds. The third kappa shape index (κ3) is 1.99. The van der Waals surface area contributed by atoms with Gasteiger partial charge in [-0.3, -0.25) is 4.79 Å². The number of nitrogens with two attached hydrogens (primary N) is 1. The summed E-state index contributed by atoms with van der Waals surface area (Å²) in [5.41, 5.74) is 7.45. The lowest BCUT2D eigenvalue weighted by Gasteiger charge is -2.06. The first-order valence-corrected chi connectivity index (χ1v) is 4.71. The fraction of sp³-hybridized carbons (Fsp3) is 0.182. The average molecular weight is 204 g/mol. The van der Waals surface area contributed by atoms with Gasteiger partial charge in [0.2, 0.25) is 0 Å². The van der Waals surface area contributed by atoms with E-state index in [1.165, 1.54) is 0 Å². The molecule has 0 fully saturated rings. The van der Waals surface area contributed by atoms with Gasteiger partial charge in [0.05, 0.1) is 0 Å². The van der Waals surface area contributed by atoms with Gasteiger partial charge in [0.25, 0.3) is 0 Å². The van der Waals surface area contributed by atoms with Gasteiger partial charge in [-0.05, 0) is 35.6 Å². The Balaban J connectivity index is 2.24. The number of aromatic amines is 1. The molecule has 2 rings (SSSR count). The maximum Gasteiger partial charge on any atom is 0.320 e. The number of rotatable bonds is 3. The number of aromatic nitrogens is 1. The first-order chi connectivity index (χ1) is 7.16. The van der Waals surface area contributed by atoms with Crippen LogP contribution in [0.15, 0.2) is 30.5 Å². The van der Waals surface area contributed by atoms with E-state index < -0.39 is 12.0 Å². The molecule has 1 aromatic heterocycles. The first kappa shape index (κ1) is 9.73. The fourth-order valence-electron chi connectivity index (χ4n) is 1.57. The Hall–Kier alpha value is -1.81. The van der Waals surface area contributed by atoms with E-state index >= 15 is 0 Å². The van der Waals surface area contributed by atoms with Gasteiger partial charge >= 0.3 is 5.97 Å². The van der Waals surface area contributed by atoms with Gasteiger partial charge in [0, 0.05) is 11.7 Å². The van der Waals surface area contributed by atoms with Crippen LogP contribution in [0.25, 0.3) is 10.9 Å². The van der Waals surface area contributed by atoms with E-state index in [1.54, 1.807) is 0 Å². The Morgan fingerprint density at radius 1 is 1.47 bits per heavy atom. The fourth-order valence-corrected chi connectivity index (χ4v) is 1.57. The maximum atomic E-state index is 10.6. The highest BCUT2D eigenvalue weighted by molar-refractivity contribution is 5.80. The molecule has 0 aliphatic heterocycles. The summed E-state index contributed by atoms with van der Waals surface area (Å²) < 4.78 is 0. The first-order valence-electron chi connectivity index (χ1n) is 4.71. The molecule has 1 aromatic carbocycles. The molecule has 4 heteroatoms. The van der Waals surface area contributed by atoms with Crippen LogP contribution in [-0.2, 0) is 11.2 Å². The number of carboxylic acids is 1. The summed E-state index contributed by atoms with van der Waals surface area (Å²) in [6, 6.07) is 6.89. The summed E-state index contributed by atoms with van der Waals surface area (Å²) >= 11 is 0. The van der Waals surface area contributed by atoms with E-state index in [1.807, 2.05) is 30.5 Å². The van der Waals surface area contributed by atoms with Gasteiger partial charge < -0.3 is 15.8 Å². The molecule has 0 saturated heterocycles. The van der Waals surface area contributed by atoms with Crippen LogP contribution in [0.1, 0.15) is 5.56 Å². The standard InChI is InChI=1S/C11H12N2O2/c12-9(11(14)15)6-7-1-2-10-8(5-7)3-4-13-10/h1-5,9,13H,6,12H2,(H,14,15)/t9-/m0/s1. The zero-order valence-corrected chi connectivity index (χ0v) is 8.10. The van der Waals surface area contributed by atoms with Gasteiger partial charge in [-0.25, -0.2) is 0 Å². The summed E-state index contributed by atoms with van der Waals surface area (Å²) in [5.74, 6) is -0.968. The average Bonchev–Trinajstić information content (AvgIpc) is 2.64. The minimum atomic E-state index is -0.968. The largest absolute Gasteiger partial charge is 0.480 e. The molecule has 0 saturated carbocycles. The van der Waals surface area contributed by atoms with Gasteiger partial charge in [-0.15, -0.1) is 0 Å². The van der Waals surface area contributed by atoms with Crippen molar-refractivity contribution < 1.29 is 9.90 Å². The van der Waals surface area contributed by atoms with Crippen LogP contribution in [0, 0.1) is 0 Å². The highest BCUT2D eigenvalue weighted by Gasteiger charge is 2.12. The van der Waals surface area contributed by atoms with Crippen LogP contribution < -0.4 is 5.73 Å². The number of benzene rings is 1. The van der Waals surface area contributed by atoms with E-state index in [0.717, 1.165) is 16.5 Å². The SMILES string of the molecule is N[C@@H](Cc1ccc2[nH]ccc2c1)C(=O)O. The Morgan fingerprint density at radius 3 is 3.00 bits per heavy atom. The van der Waals surface area contributed by atoms with E-state index in [2.05, 4.69) is 4.98 Å². The lowest BCUT2D eigenvalue weighted by atomic mass is 10.1. The highest BCUT2D eigenvalue weighted by atomic mass is 16.4. The van der Waals surface area contributed by atoms with Crippen molar-refractivity contribution >= 4 is 16.9 Å². The number of fused-ring (bicyclic) bond motifs is 1. The highest BCUT2D eigenvalue weighted by Crippen LogP contribution is 2.15. The van der Waals surface area contributed by atoms with E-state index in [-0.39, 0.29) is 0 Å². The molecule has 4 nitrogen and oxygen atoms in total. The quantitative estimate of drug-likeness (QED) is 0.701. The molecule has 78 valence electrons. The number of H-pyrrole nitrogens is 1. The van der Waals surface area contributed by atoms with Crippen molar-refractivity contribution in [2.75, 3.05) is 0 Å². The number of carbonyl (C=O) groups is 1. The van der Waals surface area contributed by atoms with E-state index in [4.69, 9.17) is 10.8 Å². The van der Waals surface area contributed by atoms with Crippen LogP contribution in [0.3, 0.4) is 0 Å². The van der Waals surface area contributed by atoms with Crippen LogP contribution in [0.4, 0.5) is 0 Å². The predicted molar refractivity (Wildman–Crippen MR) is 57.6 cm³/mol. The summed E-state index contributed by atoms with van der Waals surface area (Å²) in [6.07, 6.45) is 2.21. The summed E-state index contributed by atoms with van der Waals surface area (Å²) in [6.45, 7) is 0. The van der Waals surface area contributed by atoms with Crippen molar-refractivity contribution in [3.63, 3.8) is 0 Å². The predicted octanol–water partition coefficient (Wildman–Crippen LogP) is 1.12. The Kier molecular flexibility index (Phi) is 2.43. The molecular formula is C11H12N2O2. The normalized spacial score (nSPS) is 12.9. The second-order valence-electron chi connectivity index (χ2n) is 3.55. The molecule has 0 bridgehead atoms. The summed E-state index contributed by atoms with van der Waals surface area (Å²) in [4.78, 5) is 13.7. The van der Waals surface area contributed by atoms with Gasteiger partial charge in [0.1, 0.15) is 6.04 Å². The minimum Gasteiger partial charge on any atom is -0.480 e. The van der Waals surface area contributed by atoms with Crippen molar-refractivity contribution in [3.05, 3.63) is 36.0 Å². The summed E-state index contributed by atoms with van der Waals surface area (Å²) in [5, 5.41) is 9.76. The van der Waals surface area contributed by atoms with Crippen molar-refractivity contribution in [3.8, 4) is 0 Å². The number of aliphatic carboxylic acids is 1. The smallest absolute Gasteiger partial charge is 0.320 e. The zero-order chi connectivity index (χ0) is 10.8. The third-order valence-electron chi connectivity index (χ3n) is 2.39. The number of hydrogen-bond donors (Lipinski definition) is 3. The lowest BCUT2D eigenvalue weighted by Crippen LogP contribution is -2.32. The number of carboxylic acid groups (broad SMARTS) is 1. The molecular weight excluding hydrogens is 192 g/mol. The minimum absolute atomic E-state index is 0.358. The molecule has 1 atom stereocenters. The monoisotopic (exact) mass is 204 g/mol. The Labute approximate surface area is 86.7 Å². The molecule has 0 aliphatic carbocycles. The van der Waals surface area contributed by atoms with Crippen LogP contribution in [-0.4, -0.2) is 22.1 Å². The van der Waals surface area contributed by atoms with Crippen LogP contribution in [0.5, 0.6) is 0 Å². The number of hydrogen-bond acceptors (Lipinski definition) is 2. The Morgan fingerprint density at radius 2 is 2.27 bits per heavy atom. The van der Waals surface area contributed by atoms with Crippen molar-refractivity contribution in [1.29, 1.82) is 0 Å². The molecule has 0 spiro atoms. The molecule has 0 aliphatic rings. The second-order valence-corrected chi connectivity index (χ2v) is 3.55. The Bertz CT molecular complexity index is 490. The van der Waals surface area contributed by atoms with Gasteiger partial charge in [-0.2, -0.15) is 0 Å². The van der Waals surface area contributed by atoms with Crippen molar-refractivity contribution in [2.24, 2.45) is 5.73 Å². The summed E-state index contributed by atoms with van der Waals surface area (Å²) in [7, 11) is 0. The molecule has 0 radical (unpaired) electrons. The van der Waals surface area contributed by atoms with Gasteiger partial charge in [-0.1, -0.05) is 6.07 Å². The number of nitrogens with one attached hydrogen (secondary N) is 1. The van der Waals surface area contributed by atoms with E-state index in [9.17, 15) is 4.79 Å².